The van der Waals surface area contributed by atoms with Crippen LogP contribution in [0.15, 0.2) is 0 Å². The molecule has 0 aliphatic carbocycles. The molecule has 0 saturated heterocycles. The van der Waals surface area contributed by atoms with Crippen LogP contribution < -0.4 is 5.73 Å². The molecule has 1 amide bonds. The first-order chi connectivity index (χ1) is 8.95. The van der Waals surface area contributed by atoms with Crippen LogP contribution in [-0.2, 0) is 9.59 Å². The number of amides is 1. The van der Waals surface area contributed by atoms with Crippen molar-refractivity contribution in [3.05, 3.63) is 0 Å². The summed E-state index contributed by atoms with van der Waals surface area (Å²) < 4.78 is 0. The van der Waals surface area contributed by atoms with Crippen LogP contribution in [0.3, 0.4) is 0 Å². The van der Waals surface area contributed by atoms with E-state index in [1.54, 1.807) is 0 Å². The van der Waals surface area contributed by atoms with Crippen LogP contribution in [-0.4, -0.2) is 17.0 Å². The minimum atomic E-state index is -1.40. The molecule has 0 spiro atoms. The van der Waals surface area contributed by atoms with Crippen molar-refractivity contribution in [1.82, 2.24) is 0 Å². The number of carbonyl (C=O) groups is 2. The number of aliphatic carboxylic acids is 1. The van der Waals surface area contributed by atoms with Gasteiger partial charge in [0.25, 0.3) is 0 Å². The molecule has 0 saturated carbocycles. The number of hydrogen-bond donors (Lipinski definition) is 2. The van der Waals surface area contributed by atoms with Crippen molar-refractivity contribution in [3.8, 4) is 0 Å². The fraction of sp³-hybridized carbons (Fsp3) is 0.867. The standard InChI is InChI=1S/C15H29NO3/c1-3-4-5-6-7-8-9-10-11-12-15(2,13(16)17)14(18)19/h3-12H2,1-2H3,(H2,16,17)(H,18,19). The summed E-state index contributed by atoms with van der Waals surface area (Å²) in [6, 6.07) is 0. The number of unbranched alkanes of at least 4 members (excludes halogenated alkanes) is 8. The molecule has 19 heavy (non-hydrogen) atoms. The molecule has 1 unspecified atom stereocenters. The maximum absolute atomic E-state index is 11.2. The third-order valence-electron chi connectivity index (χ3n) is 3.80. The summed E-state index contributed by atoms with van der Waals surface area (Å²) in [5, 5.41) is 9.03. The molecule has 4 heteroatoms. The van der Waals surface area contributed by atoms with Crippen molar-refractivity contribution in [2.75, 3.05) is 0 Å². The lowest BCUT2D eigenvalue weighted by atomic mass is 9.84. The minimum absolute atomic E-state index is 0.341. The van der Waals surface area contributed by atoms with Gasteiger partial charge in [0.15, 0.2) is 0 Å². The molecule has 0 rings (SSSR count). The lowest BCUT2D eigenvalue weighted by Crippen LogP contribution is -2.41. The summed E-state index contributed by atoms with van der Waals surface area (Å²) in [6.45, 7) is 3.63. The Morgan fingerprint density at radius 3 is 1.74 bits per heavy atom. The van der Waals surface area contributed by atoms with Crippen LogP contribution in [0.25, 0.3) is 0 Å². The molecule has 0 bridgehead atoms. The van der Waals surface area contributed by atoms with Gasteiger partial charge in [0.1, 0.15) is 5.41 Å². The van der Waals surface area contributed by atoms with E-state index in [4.69, 9.17) is 10.8 Å². The Bertz CT molecular complexity index is 263. The van der Waals surface area contributed by atoms with Crippen LogP contribution in [0.1, 0.15) is 78.1 Å². The molecule has 0 fully saturated rings. The van der Waals surface area contributed by atoms with Gasteiger partial charge in [0.2, 0.25) is 5.91 Å². The van der Waals surface area contributed by atoms with E-state index in [2.05, 4.69) is 6.92 Å². The molecule has 112 valence electrons. The number of primary amides is 1. The van der Waals surface area contributed by atoms with Crippen LogP contribution in [0.4, 0.5) is 0 Å². The van der Waals surface area contributed by atoms with E-state index in [0.717, 1.165) is 19.3 Å². The normalized spacial score (nSPS) is 14.0. The van der Waals surface area contributed by atoms with E-state index in [-0.39, 0.29) is 0 Å². The first kappa shape index (κ1) is 17.9. The quantitative estimate of drug-likeness (QED) is 0.421. The lowest BCUT2D eigenvalue weighted by molar-refractivity contribution is -0.154. The molecule has 3 N–H and O–H groups in total. The highest BCUT2D eigenvalue weighted by Gasteiger charge is 2.38. The Hall–Kier alpha value is -1.06. The minimum Gasteiger partial charge on any atom is -0.480 e. The Morgan fingerprint density at radius 2 is 1.37 bits per heavy atom. The Kier molecular flexibility index (Phi) is 9.27. The van der Waals surface area contributed by atoms with E-state index in [0.29, 0.717) is 6.42 Å². The van der Waals surface area contributed by atoms with E-state index in [9.17, 15) is 9.59 Å². The van der Waals surface area contributed by atoms with Crippen molar-refractivity contribution >= 4 is 11.9 Å². The van der Waals surface area contributed by atoms with Gasteiger partial charge in [-0.2, -0.15) is 0 Å². The summed E-state index contributed by atoms with van der Waals surface area (Å²) in [7, 11) is 0. The van der Waals surface area contributed by atoms with Gasteiger partial charge in [-0.25, -0.2) is 0 Å². The number of carboxylic acids is 1. The third kappa shape index (κ3) is 7.19. The zero-order valence-corrected chi connectivity index (χ0v) is 12.4. The second-order valence-electron chi connectivity index (χ2n) is 5.58. The molecular formula is C15H29NO3. The summed E-state index contributed by atoms with van der Waals surface area (Å²) in [6.07, 6.45) is 10.8. The highest BCUT2D eigenvalue weighted by atomic mass is 16.4. The molecule has 0 aromatic carbocycles. The Balaban J connectivity index is 3.62. The summed E-state index contributed by atoms with van der Waals surface area (Å²) >= 11 is 0. The number of carbonyl (C=O) groups excluding carboxylic acids is 1. The molecule has 0 aromatic heterocycles. The van der Waals surface area contributed by atoms with E-state index < -0.39 is 17.3 Å². The highest BCUT2D eigenvalue weighted by molar-refractivity contribution is 6.00. The maximum atomic E-state index is 11.2. The summed E-state index contributed by atoms with van der Waals surface area (Å²) in [5.41, 5.74) is 3.76. The molecule has 1 atom stereocenters. The summed E-state index contributed by atoms with van der Waals surface area (Å²) in [5.74, 6) is -1.85. The Labute approximate surface area is 116 Å². The van der Waals surface area contributed by atoms with Gasteiger partial charge in [-0.15, -0.1) is 0 Å². The number of hydrogen-bond acceptors (Lipinski definition) is 2. The molecule has 0 aliphatic rings. The van der Waals surface area contributed by atoms with Gasteiger partial charge in [-0.3, -0.25) is 9.59 Å². The average molecular weight is 271 g/mol. The number of carboxylic acid groups (broad SMARTS) is 1. The highest BCUT2D eigenvalue weighted by Crippen LogP contribution is 2.25. The summed E-state index contributed by atoms with van der Waals surface area (Å²) in [4.78, 5) is 22.2. The van der Waals surface area contributed by atoms with Crippen molar-refractivity contribution in [2.24, 2.45) is 11.1 Å². The largest absolute Gasteiger partial charge is 0.480 e. The van der Waals surface area contributed by atoms with Gasteiger partial charge in [-0.1, -0.05) is 64.7 Å². The average Bonchev–Trinajstić information content (AvgIpc) is 2.36. The monoisotopic (exact) mass is 271 g/mol. The van der Waals surface area contributed by atoms with Crippen molar-refractivity contribution in [1.29, 1.82) is 0 Å². The Morgan fingerprint density at radius 1 is 0.947 bits per heavy atom. The fourth-order valence-electron chi connectivity index (χ4n) is 2.12. The first-order valence-electron chi connectivity index (χ1n) is 7.48. The maximum Gasteiger partial charge on any atom is 0.318 e. The molecule has 0 aliphatic heterocycles. The number of rotatable bonds is 12. The molecule has 0 radical (unpaired) electrons. The second-order valence-corrected chi connectivity index (χ2v) is 5.58. The zero-order chi connectivity index (χ0) is 14.7. The molecular weight excluding hydrogens is 242 g/mol. The van der Waals surface area contributed by atoms with Gasteiger partial charge >= 0.3 is 5.97 Å². The fourth-order valence-corrected chi connectivity index (χ4v) is 2.12. The van der Waals surface area contributed by atoms with Gasteiger partial charge in [0, 0.05) is 0 Å². The predicted molar refractivity (Wildman–Crippen MR) is 76.8 cm³/mol. The number of nitrogens with two attached hydrogens (primary N) is 1. The smallest absolute Gasteiger partial charge is 0.318 e. The SMILES string of the molecule is CCCCCCCCCCCC(C)(C(N)=O)C(=O)O. The van der Waals surface area contributed by atoms with Crippen LogP contribution in [0.2, 0.25) is 0 Å². The van der Waals surface area contributed by atoms with Gasteiger partial charge < -0.3 is 10.8 Å². The van der Waals surface area contributed by atoms with Crippen molar-refractivity contribution in [3.63, 3.8) is 0 Å². The first-order valence-corrected chi connectivity index (χ1v) is 7.48. The molecule has 4 nitrogen and oxygen atoms in total. The molecule has 0 aromatic rings. The lowest BCUT2D eigenvalue weighted by Gasteiger charge is -2.20. The zero-order valence-electron chi connectivity index (χ0n) is 12.4. The van der Waals surface area contributed by atoms with E-state index in [1.165, 1.54) is 45.4 Å². The van der Waals surface area contributed by atoms with Crippen LogP contribution >= 0.6 is 0 Å². The van der Waals surface area contributed by atoms with Crippen LogP contribution in [0.5, 0.6) is 0 Å². The third-order valence-corrected chi connectivity index (χ3v) is 3.80. The second kappa shape index (κ2) is 9.82. The van der Waals surface area contributed by atoms with Gasteiger partial charge in [0.05, 0.1) is 0 Å². The van der Waals surface area contributed by atoms with Crippen molar-refractivity contribution in [2.45, 2.75) is 78.1 Å². The van der Waals surface area contributed by atoms with E-state index >= 15 is 0 Å². The topological polar surface area (TPSA) is 80.4 Å². The molecule has 0 heterocycles. The van der Waals surface area contributed by atoms with Gasteiger partial charge in [-0.05, 0) is 13.3 Å². The predicted octanol–water partition coefficient (Wildman–Crippen LogP) is 3.48. The van der Waals surface area contributed by atoms with Crippen LogP contribution in [0, 0.1) is 5.41 Å². The van der Waals surface area contributed by atoms with Crippen molar-refractivity contribution < 1.29 is 14.7 Å². The van der Waals surface area contributed by atoms with E-state index in [1.807, 2.05) is 0 Å².